The van der Waals surface area contributed by atoms with E-state index in [0.29, 0.717) is 22.0 Å². The van der Waals surface area contributed by atoms with Crippen LogP contribution in [0.1, 0.15) is 17.3 Å². The van der Waals surface area contributed by atoms with Crippen LogP contribution in [0.4, 0.5) is 5.69 Å². The summed E-state index contributed by atoms with van der Waals surface area (Å²) in [6.45, 7) is 1.66. The van der Waals surface area contributed by atoms with Crippen LogP contribution in [0.3, 0.4) is 0 Å². The first-order chi connectivity index (χ1) is 13.9. The maximum Gasteiger partial charge on any atom is 0.343 e. The number of aromatic nitrogens is 1. The van der Waals surface area contributed by atoms with E-state index < -0.39 is 11.4 Å². The Balaban J connectivity index is 2.03. The van der Waals surface area contributed by atoms with Crippen LogP contribution in [-0.4, -0.2) is 30.2 Å². The van der Waals surface area contributed by atoms with E-state index in [1.807, 2.05) is 0 Å². The lowest BCUT2D eigenvalue weighted by Crippen LogP contribution is -2.24. The van der Waals surface area contributed by atoms with Gasteiger partial charge in [0.05, 0.1) is 24.6 Å². The van der Waals surface area contributed by atoms with Crippen LogP contribution in [0.5, 0.6) is 5.75 Å². The largest absolute Gasteiger partial charge is 0.497 e. The molecule has 8 heteroatoms. The second-order valence-corrected chi connectivity index (χ2v) is 6.60. The molecule has 1 N–H and O–H groups in total. The Labute approximate surface area is 171 Å². The summed E-state index contributed by atoms with van der Waals surface area (Å²) in [6.07, 6.45) is 1.34. The number of nitrogens with zero attached hydrogens (tertiary/aromatic N) is 1. The topological polar surface area (TPSA) is 86.6 Å². The first-order valence-electron chi connectivity index (χ1n) is 8.86. The lowest BCUT2D eigenvalue weighted by atomic mass is 10.1. The van der Waals surface area contributed by atoms with Crippen molar-refractivity contribution in [3.8, 4) is 5.75 Å². The first-order valence-corrected chi connectivity index (χ1v) is 9.24. The Morgan fingerprint density at radius 1 is 1.17 bits per heavy atom. The van der Waals surface area contributed by atoms with Gasteiger partial charge < -0.3 is 19.4 Å². The van der Waals surface area contributed by atoms with E-state index in [-0.39, 0.29) is 30.0 Å². The van der Waals surface area contributed by atoms with Crippen LogP contribution in [-0.2, 0) is 16.1 Å². The predicted octanol–water partition coefficient (Wildman–Crippen LogP) is 3.48. The Morgan fingerprint density at radius 2 is 1.97 bits per heavy atom. The third kappa shape index (κ3) is 4.57. The molecule has 0 aliphatic rings. The molecule has 0 aliphatic carbocycles. The van der Waals surface area contributed by atoms with E-state index in [4.69, 9.17) is 21.1 Å². The van der Waals surface area contributed by atoms with E-state index in [9.17, 15) is 14.4 Å². The summed E-state index contributed by atoms with van der Waals surface area (Å²) in [5.41, 5.74) is 0.400. The quantitative estimate of drug-likeness (QED) is 0.624. The molecule has 0 saturated heterocycles. The maximum atomic E-state index is 12.8. The summed E-state index contributed by atoms with van der Waals surface area (Å²) < 4.78 is 11.7. The fraction of sp³-hybridized carbons (Fsp3) is 0.190. The van der Waals surface area contributed by atoms with Gasteiger partial charge >= 0.3 is 5.97 Å². The molecule has 0 saturated carbocycles. The molecule has 29 heavy (non-hydrogen) atoms. The average molecular weight is 415 g/mol. The molecule has 1 amide bonds. The summed E-state index contributed by atoms with van der Waals surface area (Å²) >= 11 is 5.94. The molecule has 0 fully saturated rings. The number of fused-ring (bicyclic) bond motifs is 1. The molecular weight excluding hydrogens is 396 g/mol. The highest BCUT2D eigenvalue weighted by Gasteiger charge is 2.18. The van der Waals surface area contributed by atoms with Crippen LogP contribution < -0.4 is 15.5 Å². The smallest absolute Gasteiger partial charge is 0.343 e. The van der Waals surface area contributed by atoms with Crippen molar-refractivity contribution < 1.29 is 19.1 Å². The molecule has 0 aliphatic heterocycles. The van der Waals surface area contributed by atoms with Gasteiger partial charge in [-0.25, -0.2) is 4.79 Å². The van der Waals surface area contributed by atoms with E-state index in [1.165, 1.54) is 23.9 Å². The molecule has 0 radical (unpaired) electrons. The third-order valence-corrected chi connectivity index (χ3v) is 4.44. The van der Waals surface area contributed by atoms with Gasteiger partial charge in [-0.1, -0.05) is 17.7 Å². The molecule has 3 aromatic rings. The predicted molar refractivity (Wildman–Crippen MR) is 111 cm³/mol. The van der Waals surface area contributed by atoms with Crippen molar-refractivity contribution in [1.82, 2.24) is 4.57 Å². The van der Waals surface area contributed by atoms with Gasteiger partial charge in [0.1, 0.15) is 17.9 Å². The van der Waals surface area contributed by atoms with E-state index in [1.54, 1.807) is 43.3 Å². The van der Waals surface area contributed by atoms with Gasteiger partial charge in [-0.2, -0.15) is 0 Å². The monoisotopic (exact) mass is 414 g/mol. The number of carbonyl (C=O) groups excluding carboxylic acids is 2. The van der Waals surface area contributed by atoms with Crippen molar-refractivity contribution in [3.05, 3.63) is 69.5 Å². The second-order valence-electron chi connectivity index (χ2n) is 6.16. The van der Waals surface area contributed by atoms with Gasteiger partial charge in [0.25, 0.3) is 0 Å². The number of anilines is 1. The number of esters is 1. The fourth-order valence-corrected chi connectivity index (χ4v) is 3.10. The van der Waals surface area contributed by atoms with Crippen molar-refractivity contribution in [1.29, 1.82) is 0 Å². The standard InChI is InChI=1S/C21H19ClN2O5/c1-3-29-21(27)17-11-24(12-19(25)23-14-6-4-5-13(22)9-14)18-8-7-15(28-2)10-16(18)20(17)26/h4-11H,3,12H2,1-2H3,(H,23,25). The Hall–Kier alpha value is -3.32. The van der Waals surface area contributed by atoms with Gasteiger partial charge in [0.2, 0.25) is 11.3 Å². The lowest BCUT2D eigenvalue weighted by Gasteiger charge is -2.14. The molecule has 0 atom stereocenters. The van der Waals surface area contributed by atoms with Crippen LogP contribution >= 0.6 is 11.6 Å². The van der Waals surface area contributed by atoms with Gasteiger partial charge in [-0.15, -0.1) is 0 Å². The van der Waals surface area contributed by atoms with Crippen molar-refractivity contribution in [2.24, 2.45) is 0 Å². The number of pyridine rings is 1. The third-order valence-electron chi connectivity index (χ3n) is 4.21. The number of amides is 1. The van der Waals surface area contributed by atoms with Crippen LogP contribution in [0.25, 0.3) is 10.9 Å². The number of ether oxygens (including phenoxy) is 2. The van der Waals surface area contributed by atoms with Crippen molar-refractivity contribution >= 4 is 40.1 Å². The molecule has 0 bridgehead atoms. The summed E-state index contributed by atoms with van der Waals surface area (Å²) in [7, 11) is 1.48. The second kappa shape index (κ2) is 8.79. The number of halogens is 1. The summed E-state index contributed by atoms with van der Waals surface area (Å²) in [5, 5.41) is 3.49. The highest BCUT2D eigenvalue weighted by molar-refractivity contribution is 6.30. The van der Waals surface area contributed by atoms with E-state index >= 15 is 0 Å². The number of benzene rings is 2. The number of carbonyl (C=O) groups is 2. The summed E-state index contributed by atoms with van der Waals surface area (Å²) in [4.78, 5) is 37.6. The lowest BCUT2D eigenvalue weighted by molar-refractivity contribution is -0.116. The molecular formula is C21H19ClN2O5. The first kappa shape index (κ1) is 20.4. The number of hydrogen-bond donors (Lipinski definition) is 1. The fourth-order valence-electron chi connectivity index (χ4n) is 2.91. The number of nitrogens with one attached hydrogen (secondary N) is 1. The summed E-state index contributed by atoms with van der Waals surface area (Å²) in [5.74, 6) is -0.625. The van der Waals surface area contributed by atoms with Crippen molar-refractivity contribution in [3.63, 3.8) is 0 Å². The molecule has 1 aromatic heterocycles. The Kier molecular flexibility index (Phi) is 6.19. The minimum Gasteiger partial charge on any atom is -0.497 e. The van der Waals surface area contributed by atoms with Crippen molar-refractivity contribution in [2.75, 3.05) is 19.0 Å². The molecule has 2 aromatic carbocycles. The molecule has 150 valence electrons. The van der Waals surface area contributed by atoms with Crippen LogP contribution in [0, 0.1) is 0 Å². The van der Waals surface area contributed by atoms with Crippen LogP contribution in [0.2, 0.25) is 5.02 Å². The molecule has 3 rings (SSSR count). The van der Waals surface area contributed by atoms with Gasteiger partial charge in [-0.3, -0.25) is 9.59 Å². The zero-order chi connectivity index (χ0) is 21.0. The zero-order valence-electron chi connectivity index (χ0n) is 15.9. The van der Waals surface area contributed by atoms with Gasteiger partial charge in [0, 0.05) is 16.9 Å². The SMILES string of the molecule is CCOC(=O)c1cn(CC(=O)Nc2cccc(Cl)c2)c2ccc(OC)cc2c1=O. The highest BCUT2D eigenvalue weighted by atomic mass is 35.5. The number of methoxy groups -OCH3 is 1. The zero-order valence-corrected chi connectivity index (χ0v) is 16.7. The Bertz CT molecular complexity index is 1140. The van der Waals surface area contributed by atoms with E-state index in [2.05, 4.69) is 5.32 Å². The number of hydrogen-bond acceptors (Lipinski definition) is 5. The maximum absolute atomic E-state index is 12.8. The van der Waals surface area contributed by atoms with Crippen LogP contribution in [0.15, 0.2) is 53.5 Å². The normalized spacial score (nSPS) is 10.6. The van der Waals surface area contributed by atoms with E-state index in [0.717, 1.165) is 0 Å². The van der Waals surface area contributed by atoms with Gasteiger partial charge in [0.15, 0.2) is 0 Å². The van der Waals surface area contributed by atoms with Gasteiger partial charge in [-0.05, 0) is 43.3 Å². The molecule has 0 spiro atoms. The Morgan fingerprint density at radius 3 is 2.66 bits per heavy atom. The van der Waals surface area contributed by atoms with Crippen molar-refractivity contribution in [2.45, 2.75) is 13.5 Å². The highest BCUT2D eigenvalue weighted by Crippen LogP contribution is 2.20. The molecule has 0 unspecified atom stereocenters. The molecule has 1 heterocycles. The summed E-state index contributed by atoms with van der Waals surface area (Å²) in [6, 6.07) is 11.6. The minimum atomic E-state index is -0.744. The molecule has 7 nitrogen and oxygen atoms in total. The minimum absolute atomic E-state index is 0.123. The number of rotatable bonds is 6. The average Bonchev–Trinajstić information content (AvgIpc) is 2.69.